The number of likely N-dealkylation sites (tertiary alicyclic amines) is 1. The summed E-state index contributed by atoms with van der Waals surface area (Å²) in [7, 11) is 0. The first-order valence-corrected chi connectivity index (χ1v) is 8.87. The summed E-state index contributed by atoms with van der Waals surface area (Å²) in [5, 5.41) is 3.08. The van der Waals surface area contributed by atoms with Crippen LogP contribution in [0, 0.1) is 0 Å². The first kappa shape index (κ1) is 15.7. The standard InChI is InChI=1S/C16H19ClN2O2S/c1-10-4-2-3-7-19(10)15(20)9-14-16(21)18-12-8-11(17)5-6-13(12)22-14/h5-6,8,10,14H,2-4,7,9H2,1H3,(H,18,21)/t10-,14-/m1/s1. The van der Waals surface area contributed by atoms with Crippen LogP contribution in [0.15, 0.2) is 23.1 Å². The number of nitrogens with one attached hydrogen (secondary N) is 1. The molecule has 0 aliphatic carbocycles. The number of thioether (sulfide) groups is 1. The summed E-state index contributed by atoms with van der Waals surface area (Å²) in [5.74, 6) is -0.0324. The molecular formula is C16H19ClN2O2S. The second kappa shape index (κ2) is 6.50. The maximum absolute atomic E-state index is 12.5. The lowest BCUT2D eigenvalue weighted by molar-refractivity contribution is -0.135. The second-order valence-electron chi connectivity index (χ2n) is 5.87. The fourth-order valence-electron chi connectivity index (χ4n) is 3.00. The van der Waals surface area contributed by atoms with E-state index >= 15 is 0 Å². The Morgan fingerprint density at radius 2 is 2.27 bits per heavy atom. The minimum atomic E-state index is -0.365. The van der Waals surface area contributed by atoms with Crippen molar-refractivity contribution in [2.75, 3.05) is 11.9 Å². The third-order valence-corrected chi connectivity index (χ3v) is 5.75. The van der Waals surface area contributed by atoms with E-state index < -0.39 is 0 Å². The molecule has 1 aromatic carbocycles. The van der Waals surface area contributed by atoms with Gasteiger partial charge in [-0.05, 0) is 44.4 Å². The molecule has 3 rings (SSSR count). The lowest BCUT2D eigenvalue weighted by Crippen LogP contribution is -2.44. The highest BCUT2D eigenvalue weighted by molar-refractivity contribution is 8.01. The average molecular weight is 339 g/mol. The van der Waals surface area contributed by atoms with Crippen LogP contribution in [0.2, 0.25) is 5.02 Å². The van der Waals surface area contributed by atoms with E-state index in [0.29, 0.717) is 5.02 Å². The summed E-state index contributed by atoms with van der Waals surface area (Å²) in [4.78, 5) is 27.6. The summed E-state index contributed by atoms with van der Waals surface area (Å²) in [5.41, 5.74) is 0.734. The van der Waals surface area contributed by atoms with Crippen molar-refractivity contribution in [3.8, 4) is 0 Å². The highest BCUT2D eigenvalue weighted by Crippen LogP contribution is 2.38. The van der Waals surface area contributed by atoms with Gasteiger partial charge in [-0.1, -0.05) is 11.6 Å². The molecule has 2 amide bonds. The number of nitrogens with zero attached hydrogens (tertiary/aromatic N) is 1. The Morgan fingerprint density at radius 3 is 3.05 bits per heavy atom. The zero-order valence-electron chi connectivity index (χ0n) is 12.5. The molecule has 1 fully saturated rings. The summed E-state index contributed by atoms with van der Waals surface area (Å²) in [6.07, 6.45) is 3.54. The van der Waals surface area contributed by atoms with Gasteiger partial charge in [0.15, 0.2) is 0 Å². The second-order valence-corrected chi connectivity index (χ2v) is 7.55. The van der Waals surface area contributed by atoms with Crippen molar-refractivity contribution in [3.05, 3.63) is 23.2 Å². The van der Waals surface area contributed by atoms with Crippen molar-refractivity contribution in [2.45, 2.75) is 48.8 Å². The zero-order valence-corrected chi connectivity index (χ0v) is 14.0. The Bertz CT molecular complexity index is 608. The van der Waals surface area contributed by atoms with Crippen LogP contribution in [0.1, 0.15) is 32.6 Å². The van der Waals surface area contributed by atoms with Crippen molar-refractivity contribution in [1.82, 2.24) is 4.90 Å². The SMILES string of the molecule is C[C@@H]1CCCCN1C(=O)C[C@H]1Sc2ccc(Cl)cc2NC1=O. The van der Waals surface area contributed by atoms with Crippen LogP contribution in [0.3, 0.4) is 0 Å². The van der Waals surface area contributed by atoms with Gasteiger partial charge in [0.05, 0.1) is 10.9 Å². The molecular weight excluding hydrogens is 320 g/mol. The van der Waals surface area contributed by atoms with Gasteiger partial charge in [-0.15, -0.1) is 11.8 Å². The Kier molecular flexibility index (Phi) is 4.64. The van der Waals surface area contributed by atoms with Crippen molar-refractivity contribution in [2.24, 2.45) is 0 Å². The monoisotopic (exact) mass is 338 g/mol. The van der Waals surface area contributed by atoms with E-state index in [9.17, 15) is 9.59 Å². The van der Waals surface area contributed by atoms with Gasteiger partial charge in [-0.3, -0.25) is 9.59 Å². The Morgan fingerprint density at radius 1 is 1.45 bits per heavy atom. The molecule has 2 aliphatic rings. The molecule has 22 heavy (non-hydrogen) atoms. The number of fused-ring (bicyclic) bond motifs is 1. The minimum absolute atomic E-state index is 0.0808. The molecule has 0 unspecified atom stereocenters. The largest absolute Gasteiger partial charge is 0.340 e. The van der Waals surface area contributed by atoms with Crippen molar-refractivity contribution >= 4 is 40.9 Å². The summed E-state index contributed by atoms with van der Waals surface area (Å²) in [6, 6.07) is 5.72. The van der Waals surface area contributed by atoms with Crippen LogP contribution in [0.4, 0.5) is 5.69 Å². The maximum atomic E-state index is 12.5. The van der Waals surface area contributed by atoms with Crippen LogP contribution >= 0.6 is 23.4 Å². The number of amides is 2. The predicted molar refractivity (Wildman–Crippen MR) is 89.4 cm³/mol. The highest BCUT2D eigenvalue weighted by atomic mass is 35.5. The Balaban J connectivity index is 1.69. The number of halogens is 1. The fraction of sp³-hybridized carbons (Fsp3) is 0.500. The molecule has 1 saturated heterocycles. The molecule has 1 aromatic rings. The van der Waals surface area contributed by atoms with E-state index in [0.717, 1.165) is 30.0 Å². The molecule has 0 spiro atoms. The van der Waals surface area contributed by atoms with E-state index in [-0.39, 0.29) is 29.5 Å². The van der Waals surface area contributed by atoms with Gasteiger partial charge in [0, 0.05) is 28.9 Å². The number of hydrogen-bond acceptors (Lipinski definition) is 3. The molecule has 0 saturated carbocycles. The van der Waals surface area contributed by atoms with Crippen LogP contribution < -0.4 is 5.32 Å². The van der Waals surface area contributed by atoms with Crippen LogP contribution in [-0.2, 0) is 9.59 Å². The number of anilines is 1. The number of benzene rings is 1. The maximum Gasteiger partial charge on any atom is 0.238 e. The number of carbonyl (C=O) groups excluding carboxylic acids is 2. The van der Waals surface area contributed by atoms with Gasteiger partial charge in [0.1, 0.15) is 0 Å². The van der Waals surface area contributed by atoms with E-state index in [1.54, 1.807) is 12.1 Å². The third kappa shape index (κ3) is 3.25. The molecule has 1 N–H and O–H groups in total. The molecule has 2 heterocycles. The summed E-state index contributed by atoms with van der Waals surface area (Å²) in [6.45, 7) is 2.90. The van der Waals surface area contributed by atoms with Gasteiger partial charge in [-0.2, -0.15) is 0 Å². The van der Waals surface area contributed by atoms with Gasteiger partial charge in [-0.25, -0.2) is 0 Å². The summed E-state index contributed by atoms with van der Waals surface area (Å²) < 4.78 is 0. The minimum Gasteiger partial charge on any atom is -0.340 e. The van der Waals surface area contributed by atoms with E-state index in [1.807, 2.05) is 11.0 Å². The smallest absolute Gasteiger partial charge is 0.238 e. The van der Waals surface area contributed by atoms with Crippen LogP contribution in [-0.4, -0.2) is 34.6 Å². The van der Waals surface area contributed by atoms with E-state index in [4.69, 9.17) is 11.6 Å². The van der Waals surface area contributed by atoms with Gasteiger partial charge >= 0.3 is 0 Å². The lowest BCUT2D eigenvalue weighted by atomic mass is 10.0. The quantitative estimate of drug-likeness (QED) is 0.897. The van der Waals surface area contributed by atoms with Gasteiger partial charge in [0.2, 0.25) is 11.8 Å². The summed E-state index contributed by atoms with van der Waals surface area (Å²) >= 11 is 7.39. The number of rotatable bonds is 2. The molecule has 118 valence electrons. The first-order valence-electron chi connectivity index (χ1n) is 7.61. The van der Waals surface area contributed by atoms with Gasteiger partial charge < -0.3 is 10.2 Å². The zero-order chi connectivity index (χ0) is 15.7. The Hall–Kier alpha value is -1.20. The molecule has 2 atom stereocenters. The van der Waals surface area contributed by atoms with E-state index in [1.165, 1.54) is 18.2 Å². The van der Waals surface area contributed by atoms with Crippen molar-refractivity contribution in [3.63, 3.8) is 0 Å². The molecule has 2 aliphatic heterocycles. The first-order chi connectivity index (χ1) is 10.5. The van der Waals surface area contributed by atoms with Crippen molar-refractivity contribution in [1.29, 1.82) is 0 Å². The molecule has 0 bridgehead atoms. The molecule has 6 heteroatoms. The van der Waals surface area contributed by atoms with Crippen LogP contribution in [0.5, 0.6) is 0 Å². The third-order valence-electron chi connectivity index (χ3n) is 4.24. The normalized spacial score (nSPS) is 24.6. The number of piperidine rings is 1. The Labute approximate surface area is 139 Å². The highest BCUT2D eigenvalue weighted by Gasteiger charge is 2.32. The van der Waals surface area contributed by atoms with Gasteiger partial charge in [0.25, 0.3) is 0 Å². The van der Waals surface area contributed by atoms with E-state index in [2.05, 4.69) is 12.2 Å². The number of hydrogen-bond donors (Lipinski definition) is 1. The topological polar surface area (TPSA) is 49.4 Å². The fourth-order valence-corrected chi connectivity index (χ4v) is 4.26. The van der Waals surface area contributed by atoms with Crippen LogP contribution in [0.25, 0.3) is 0 Å². The molecule has 0 radical (unpaired) electrons. The molecule has 4 nitrogen and oxygen atoms in total. The van der Waals surface area contributed by atoms with Crippen molar-refractivity contribution < 1.29 is 9.59 Å². The lowest BCUT2D eigenvalue weighted by Gasteiger charge is -2.34. The number of carbonyl (C=O) groups is 2. The predicted octanol–water partition coefficient (Wildman–Crippen LogP) is 3.54. The molecule has 0 aromatic heterocycles. The average Bonchev–Trinajstić information content (AvgIpc) is 2.48.